The van der Waals surface area contributed by atoms with E-state index in [1.807, 2.05) is 18.2 Å². The summed E-state index contributed by atoms with van der Waals surface area (Å²) in [6.07, 6.45) is 0.353. The molecule has 4 rings (SSSR count). The highest BCUT2D eigenvalue weighted by Crippen LogP contribution is 2.34. The molecule has 0 radical (unpaired) electrons. The number of H-pyrrole nitrogens is 1. The van der Waals surface area contributed by atoms with E-state index < -0.39 is 0 Å². The number of benzene rings is 1. The molecule has 0 spiro atoms. The fraction of sp³-hybridized carbons (Fsp3) is 0.333. The standard InChI is InChI=1S/C18H21N5O/c1-11-9-23(10-12(2)24-11)15-8-14(13-6-4-3-5-7-13)16-17(19)21-22-18(16)20-15/h3-8,11-12H,9-10H2,1-2H3,(H3,19,20,21,22). The molecule has 1 saturated heterocycles. The van der Waals surface area contributed by atoms with Crippen LogP contribution in [-0.2, 0) is 4.74 Å². The third kappa shape index (κ3) is 2.59. The summed E-state index contributed by atoms with van der Waals surface area (Å²) in [6.45, 7) is 5.81. The third-order valence-corrected chi connectivity index (χ3v) is 4.37. The van der Waals surface area contributed by atoms with Crippen molar-refractivity contribution in [1.29, 1.82) is 0 Å². The molecule has 0 bridgehead atoms. The van der Waals surface area contributed by atoms with Gasteiger partial charge in [-0.05, 0) is 25.5 Å². The lowest BCUT2D eigenvalue weighted by Gasteiger charge is -2.36. The minimum absolute atomic E-state index is 0.177. The van der Waals surface area contributed by atoms with Gasteiger partial charge in [-0.15, -0.1) is 0 Å². The summed E-state index contributed by atoms with van der Waals surface area (Å²) >= 11 is 0. The van der Waals surface area contributed by atoms with Crippen molar-refractivity contribution < 1.29 is 4.74 Å². The second-order valence-electron chi connectivity index (χ2n) is 6.39. The summed E-state index contributed by atoms with van der Waals surface area (Å²) in [5, 5.41) is 8.01. The first-order chi connectivity index (χ1) is 11.6. The van der Waals surface area contributed by atoms with Gasteiger partial charge in [-0.1, -0.05) is 30.3 Å². The Morgan fingerprint density at radius 2 is 1.88 bits per heavy atom. The lowest BCUT2D eigenvalue weighted by molar-refractivity contribution is -0.00544. The molecule has 3 heterocycles. The fourth-order valence-electron chi connectivity index (χ4n) is 3.41. The van der Waals surface area contributed by atoms with Crippen LogP contribution in [0.1, 0.15) is 13.8 Å². The lowest BCUT2D eigenvalue weighted by atomic mass is 10.0. The number of rotatable bonds is 2. The minimum atomic E-state index is 0.177. The van der Waals surface area contributed by atoms with Gasteiger partial charge in [0.2, 0.25) is 0 Å². The van der Waals surface area contributed by atoms with Gasteiger partial charge in [0.25, 0.3) is 0 Å². The predicted molar refractivity (Wildman–Crippen MR) is 96.0 cm³/mol. The smallest absolute Gasteiger partial charge is 0.185 e. The Kier molecular flexibility index (Phi) is 3.61. The van der Waals surface area contributed by atoms with Crippen LogP contribution in [0.3, 0.4) is 0 Å². The molecule has 6 nitrogen and oxygen atoms in total. The molecule has 2 atom stereocenters. The second kappa shape index (κ2) is 5.79. The van der Waals surface area contributed by atoms with Gasteiger partial charge in [0, 0.05) is 18.7 Å². The van der Waals surface area contributed by atoms with E-state index in [0.717, 1.165) is 35.4 Å². The van der Waals surface area contributed by atoms with Crippen LogP contribution in [0.2, 0.25) is 0 Å². The number of anilines is 2. The van der Waals surface area contributed by atoms with Crippen molar-refractivity contribution in [1.82, 2.24) is 15.2 Å². The molecule has 0 amide bonds. The molecule has 1 aromatic carbocycles. The largest absolute Gasteiger partial charge is 0.383 e. The molecule has 24 heavy (non-hydrogen) atoms. The average molecular weight is 323 g/mol. The van der Waals surface area contributed by atoms with Gasteiger partial charge in [0.15, 0.2) is 5.65 Å². The number of hydrogen-bond donors (Lipinski definition) is 2. The van der Waals surface area contributed by atoms with Gasteiger partial charge in [-0.25, -0.2) is 4.98 Å². The van der Waals surface area contributed by atoms with Crippen molar-refractivity contribution in [2.75, 3.05) is 23.7 Å². The van der Waals surface area contributed by atoms with Crippen LogP contribution in [0.5, 0.6) is 0 Å². The van der Waals surface area contributed by atoms with Crippen LogP contribution in [0.25, 0.3) is 22.2 Å². The second-order valence-corrected chi connectivity index (χ2v) is 6.39. The molecule has 1 aliphatic heterocycles. The minimum Gasteiger partial charge on any atom is -0.383 e. The summed E-state index contributed by atoms with van der Waals surface area (Å²) in [6, 6.07) is 12.3. The number of nitrogens with zero attached hydrogens (tertiary/aromatic N) is 3. The van der Waals surface area contributed by atoms with Crippen LogP contribution in [0.15, 0.2) is 36.4 Å². The first-order valence-corrected chi connectivity index (χ1v) is 8.22. The summed E-state index contributed by atoms with van der Waals surface area (Å²) in [7, 11) is 0. The Hall–Kier alpha value is -2.60. The zero-order valence-corrected chi connectivity index (χ0v) is 13.9. The van der Waals surface area contributed by atoms with E-state index in [9.17, 15) is 0 Å². The number of fused-ring (bicyclic) bond motifs is 1. The monoisotopic (exact) mass is 323 g/mol. The molecule has 3 N–H and O–H groups in total. The van der Waals surface area contributed by atoms with Gasteiger partial charge in [-0.2, -0.15) is 5.10 Å². The van der Waals surface area contributed by atoms with E-state index >= 15 is 0 Å². The molecule has 1 aliphatic rings. The van der Waals surface area contributed by atoms with Gasteiger partial charge in [-0.3, -0.25) is 5.10 Å². The van der Waals surface area contributed by atoms with Gasteiger partial charge in [0.1, 0.15) is 11.6 Å². The number of morpholine rings is 1. The summed E-state index contributed by atoms with van der Waals surface area (Å²) in [5.74, 6) is 1.46. The molecule has 124 valence electrons. The molecule has 3 aromatic rings. The molecular formula is C18H21N5O. The zero-order valence-electron chi connectivity index (χ0n) is 13.9. The van der Waals surface area contributed by atoms with E-state index in [2.05, 4.69) is 47.1 Å². The predicted octanol–water partition coefficient (Wildman–Crippen LogP) is 2.82. The van der Waals surface area contributed by atoms with E-state index in [4.69, 9.17) is 15.5 Å². The van der Waals surface area contributed by atoms with Crippen molar-refractivity contribution in [2.24, 2.45) is 0 Å². The van der Waals surface area contributed by atoms with Gasteiger partial charge >= 0.3 is 0 Å². The maximum Gasteiger partial charge on any atom is 0.185 e. The van der Waals surface area contributed by atoms with Crippen molar-refractivity contribution in [3.8, 4) is 11.1 Å². The van der Waals surface area contributed by atoms with Crippen LogP contribution < -0.4 is 10.6 Å². The summed E-state index contributed by atoms with van der Waals surface area (Å²) in [5.41, 5.74) is 8.90. The van der Waals surface area contributed by atoms with E-state index in [1.165, 1.54) is 0 Å². The van der Waals surface area contributed by atoms with E-state index in [-0.39, 0.29) is 12.2 Å². The number of ether oxygens (including phenoxy) is 1. The van der Waals surface area contributed by atoms with Crippen molar-refractivity contribution in [2.45, 2.75) is 26.1 Å². The van der Waals surface area contributed by atoms with E-state index in [0.29, 0.717) is 11.5 Å². The van der Waals surface area contributed by atoms with Crippen molar-refractivity contribution >= 4 is 22.7 Å². The number of aromatic amines is 1. The van der Waals surface area contributed by atoms with Crippen LogP contribution in [0.4, 0.5) is 11.6 Å². The number of nitrogens with one attached hydrogen (secondary N) is 1. The topological polar surface area (TPSA) is 80.1 Å². The highest BCUT2D eigenvalue weighted by Gasteiger charge is 2.25. The van der Waals surface area contributed by atoms with Crippen LogP contribution >= 0.6 is 0 Å². The van der Waals surface area contributed by atoms with E-state index in [1.54, 1.807) is 0 Å². The molecular weight excluding hydrogens is 302 g/mol. The normalized spacial score (nSPS) is 21.3. The summed E-state index contributed by atoms with van der Waals surface area (Å²) < 4.78 is 5.83. The fourth-order valence-corrected chi connectivity index (χ4v) is 3.41. The maximum atomic E-state index is 6.10. The third-order valence-electron chi connectivity index (χ3n) is 4.37. The molecule has 0 aliphatic carbocycles. The Morgan fingerprint density at radius 3 is 2.58 bits per heavy atom. The molecule has 6 heteroatoms. The number of aromatic nitrogens is 3. The highest BCUT2D eigenvalue weighted by atomic mass is 16.5. The first kappa shape index (κ1) is 15.0. The quantitative estimate of drug-likeness (QED) is 0.758. The number of pyridine rings is 1. The number of nitrogen functional groups attached to an aromatic ring is 1. The Bertz CT molecular complexity index is 850. The molecule has 2 aromatic heterocycles. The zero-order chi connectivity index (χ0) is 16.7. The Morgan fingerprint density at radius 1 is 1.17 bits per heavy atom. The molecule has 0 saturated carbocycles. The number of nitrogens with two attached hydrogens (primary N) is 1. The SMILES string of the molecule is CC1CN(c2cc(-c3ccccc3)c3c(N)[nH]nc3n2)CC(C)O1. The molecule has 2 unspecified atom stereocenters. The average Bonchev–Trinajstić information content (AvgIpc) is 2.95. The highest BCUT2D eigenvalue weighted by molar-refractivity contribution is 6.01. The molecule has 1 fully saturated rings. The lowest BCUT2D eigenvalue weighted by Crippen LogP contribution is -2.45. The Balaban J connectivity index is 1.86. The first-order valence-electron chi connectivity index (χ1n) is 8.22. The Labute approximate surface area is 140 Å². The number of hydrogen-bond acceptors (Lipinski definition) is 5. The van der Waals surface area contributed by atoms with Gasteiger partial charge < -0.3 is 15.4 Å². The summed E-state index contributed by atoms with van der Waals surface area (Å²) in [4.78, 5) is 6.98. The van der Waals surface area contributed by atoms with Crippen LogP contribution in [-0.4, -0.2) is 40.5 Å². The van der Waals surface area contributed by atoms with Crippen LogP contribution in [0, 0.1) is 0 Å². The maximum absolute atomic E-state index is 6.10. The van der Waals surface area contributed by atoms with Crippen molar-refractivity contribution in [3.63, 3.8) is 0 Å². The van der Waals surface area contributed by atoms with Crippen molar-refractivity contribution in [3.05, 3.63) is 36.4 Å². The van der Waals surface area contributed by atoms with Gasteiger partial charge in [0.05, 0.1) is 17.6 Å².